The molecule has 0 atom stereocenters. The van der Waals surface area contributed by atoms with Gasteiger partial charge in [-0.3, -0.25) is 9.36 Å². The molecule has 88 valence electrons. The lowest BCUT2D eigenvalue weighted by atomic mass is 10.2. The van der Waals surface area contributed by atoms with Gasteiger partial charge in [0.05, 0.1) is 5.69 Å². The molecule has 0 fully saturated rings. The second-order valence-electron chi connectivity index (χ2n) is 3.82. The Morgan fingerprint density at radius 1 is 1.29 bits per heavy atom. The maximum atomic E-state index is 12.2. The molecule has 2 N–H and O–H groups in total. The predicted molar refractivity (Wildman–Crippen MR) is 69.7 cm³/mol. The fraction of sp³-hybridized carbons (Fsp3) is 0.154. The van der Waals surface area contributed by atoms with Gasteiger partial charge in [-0.05, 0) is 31.2 Å². The third-order valence-corrected chi connectivity index (χ3v) is 2.88. The fourth-order valence-corrected chi connectivity index (χ4v) is 1.95. The Labute approximate surface area is 104 Å². The number of hydrogen-bond acceptors (Lipinski definition) is 2. The lowest BCUT2D eigenvalue weighted by molar-refractivity contribution is 0.888. The van der Waals surface area contributed by atoms with E-state index in [-0.39, 0.29) is 12.1 Å². The largest absolute Gasteiger partial charge is 0.326 e. The molecule has 0 radical (unpaired) electrons. The van der Waals surface area contributed by atoms with Gasteiger partial charge in [-0.1, -0.05) is 23.7 Å². The van der Waals surface area contributed by atoms with Crippen LogP contribution in [0.1, 0.15) is 11.3 Å². The SMILES string of the molecule is Cc1ccc(CN)c(=O)n1-c1cccc(Cl)c1. The van der Waals surface area contributed by atoms with E-state index in [0.29, 0.717) is 10.6 Å². The monoisotopic (exact) mass is 248 g/mol. The highest BCUT2D eigenvalue weighted by Crippen LogP contribution is 2.15. The Balaban J connectivity index is 2.71. The zero-order chi connectivity index (χ0) is 12.4. The van der Waals surface area contributed by atoms with Crippen LogP contribution in [0.5, 0.6) is 0 Å². The quantitative estimate of drug-likeness (QED) is 0.886. The molecule has 1 aromatic heterocycles. The second-order valence-corrected chi connectivity index (χ2v) is 4.26. The van der Waals surface area contributed by atoms with Crippen LogP contribution < -0.4 is 11.3 Å². The Morgan fingerprint density at radius 2 is 2.06 bits per heavy atom. The van der Waals surface area contributed by atoms with Crippen molar-refractivity contribution in [3.8, 4) is 5.69 Å². The smallest absolute Gasteiger partial charge is 0.259 e. The van der Waals surface area contributed by atoms with Crippen molar-refractivity contribution in [2.75, 3.05) is 0 Å². The average Bonchev–Trinajstić information content (AvgIpc) is 2.29. The summed E-state index contributed by atoms with van der Waals surface area (Å²) in [7, 11) is 0. The number of halogens is 1. The Bertz CT molecular complexity index is 605. The van der Waals surface area contributed by atoms with Crippen molar-refractivity contribution in [1.82, 2.24) is 4.57 Å². The summed E-state index contributed by atoms with van der Waals surface area (Å²) in [4.78, 5) is 12.2. The first kappa shape index (κ1) is 11.9. The third kappa shape index (κ3) is 2.25. The molecule has 1 aromatic carbocycles. The first-order valence-electron chi connectivity index (χ1n) is 5.31. The fourth-order valence-electron chi connectivity index (χ4n) is 1.76. The minimum absolute atomic E-state index is 0.0882. The summed E-state index contributed by atoms with van der Waals surface area (Å²) >= 11 is 5.93. The van der Waals surface area contributed by atoms with Crippen LogP contribution in [-0.2, 0) is 6.54 Å². The van der Waals surface area contributed by atoms with Crippen LogP contribution in [0.4, 0.5) is 0 Å². The lowest BCUT2D eigenvalue weighted by Gasteiger charge is -2.11. The Hall–Kier alpha value is -1.58. The van der Waals surface area contributed by atoms with Gasteiger partial charge in [0.25, 0.3) is 5.56 Å². The van der Waals surface area contributed by atoms with Crippen LogP contribution in [0, 0.1) is 6.92 Å². The van der Waals surface area contributed by atoms with Crippen molar-refractivity contribution < 1.29 is 0 Å². The van der Waals surface area contributed by atoms with E-state index in [2.05, 4.69) is 0 Å². The molecule has 0 aliphatic carbocycles. The molecule has 4 heteroatoms. The summed E-state index contributed by atoms with van der Waals surface area (Å²) in [5, 5.41) is 0.604. The maximum Gasteiger partial charge on any atom is 0.259 e. The molecule has 2 rings (SSSR count). The van der Waals surface area contributed by atoms with Crippen molar-refractivity contribution in [3.63, 3.8) is 0 Å². The van der Waals surface area contributed by atoms with Gasteiger partial charge >= 0.3 is 0 Å². The van der Waals surface area contributed by atoms with E-state index >= 15 is 0 Å². The first-order valence-corrected chi connectivity index (χ1v) is 5.69. The number of pyridine rings is 1. The van der Waals surface area contributed by atoms with Gasteiger partial charge in [0.1, 0.15) is 0 Å². The summed E-state index contributed by atoms with van der Waals surface area (Å²) in [6.07, 6.45) is 0. The van der Waals surface area contributed by atoms with Gasteiger partial charge in [-0.2, -0.15) is 0 Å². The highest BCUT2D eigenvalue weighted by Gasteiger charge is 2.07. The predicted octanol–water partition coefficient (Wildman–Crippen LogP) is 2.26. The zero-order valence-corrected chi connectivity index (χ0v) is 10.2. The number of nitrogens with two attached hydrogens (primary N) is 1. The molecule has 0 bridgehead atoms. The van der Waals surface area contributed by atoms with E-state index in [0.717, 1.165) is 11.4 Å². The molecule has 3 nitrogen and oxygen atoms in total. The molecule has 17 heavy (non-hydrogen) atoms. The van der Waals surface area contributed by atoms with Gasteiger partial charge in [-0.15, -0.1) is 0 Å². The third-order valence-electron chi connectivity index (χ3n) is 2.64. The van der Waals surface area contributed by atoms with Gasteiger partial charge in [-0.25, -0.2) is 0 Å². The molecule has 0 unspecified atom stereocenters. The first-order chi connectivity index (χ1) is 8.13. The van der Waals surface area contributed by atoms with E-state index in [1.165, 1.54) is 0 Å². The van der Waals surface area contributed by atoms with Crippen LogP contribution >= 0.6 is 11.6 Å². The molecule has 0 aliphatic heterocycles. The number of rotatable bonds is 2. The van der Waals surface area contributed by atoms with Crippen LogP contribution in [0.25, 0.3) is 5.69 Å². The summed E-state index contributed by atoms with van der Waals surface area (Å²) in [5.41, 5.74) is 7.66. The molecule has 0 saturated carbocycles. The van der Waals surface area contributed by atoms with E-state index in [9.17, 15) is 4.79 Å². The summed E-state index contributed by atoms with van der Waals surface area (Å²) < 4.78 is 1.62. The number of benzene rings is 1. The molecule has 1 heterocycles. The van der Waals surface area contributed by atoms with Crippen LogP contribution in [-0.4, -0.2) is 4.57 Å². The summed E-state index contributed by atoms with van der Waals surface area (Å²) in [6, 6.07) is 10.8. The molecule has 0 spiro atoms. The van der Waals surface area contributed by atoms with E-state index in [1.54, 1.807) is 22.8 Å². The topological polar surface area (TPSA) is 48.0 Å². The zero-order valence-electron chi connectivity index (χ0n) is 9.48. The van der Waals surface area contributed by atoms with E-state index < -0.39 is 0 Å². The second kappa shape index (κ2) is 4.73. The highest BCUT2D eigenvalue weighted by atomic mass is 35.5. The minimum Gasteiger partial charge on any atom is -0.326 e. The molecule has 0 saturated heterocycles. The maximum absolute atomic E-state index is 12.2. The Kier molecular flexibility index (Phi) is 3.31. The van der Waals surface area contributed by atoms with Crippen molar-refractivity contribution in [3.05, 3.63) is 63.0 Å². The molecule has 0 aliphatic rings. The summed E-state index contributed by atoms with van der Waals surface area (Å²) in [6.45, 7) is 2.11. The number of hydrogen-bond donors (Lipinski definition) is 1. The van der Waals surface area contributed by atoms with Crippen LogP contribution in [0.2, 0.25) is 5.02 Å². The van der Waals surface area contributed by atoms with Crippen molar-refractivity contribution in [1.29, 1.82) is 0 Å². The minimum atomic E-state index is -0.0882. The van der Waals surface area contributed by atoms with E-state index in [4.69, 9.17) is 17.3 Å². The lowest BCUT2D eigenvalue weighted by Crippen LogP contribution is -2.25. The standard InChI is InChI=1S/C13H13ClN2O/c1-9-5-6-10(8-15)13(17)16(9)12-4-2-3-11(14)7-12/h2-7H,8,15H2,1H3. The molecular formula is C13H13ClN2O. The van der Waals surface area contributed by atoms with E-state index in [1.807, 2.05) is 25.1 Å². The average molecular weight is 249 g/mol. The van der Waals surface area contributed by atoms with Crippen LogP contribution in [0.15, 0.2) is 41.2 Å². The number of aryl methyl sites for hydroxylation is 1. The highest BCUT2D eigenvalue weighted by molar-refractivity contribution is 6.30. The van der Waals surface area contributed by atoms with Crippen LogP contribution in [0.3, 0.4) is 0 Å². The summed E-state index contributed by atoms with van der Waals surface area (Å²) in [5.74, 6) is 0. The Morgan fingerprint density at radius 3 is 2.71 bits per heavy atom. The molecule has 2 aromatic rings. The van der Waals surface area contributed by atoms with Crippen molar-refractivity contribution in [2.45, 2.75) is 13.5 Å². The van der Waals surface area contributed by atoms with Gasteiger partial charge < -0.3 is 5.73 Å². The van der Waals surface area contributed by atoms with Crippen molar-refractivity contribution >= 4 is 11.6 Å². The number of aromatic nitrogens is 1. The molecule has 0 amide bonds. The van der Waals surface area contributed by atoms with Gasteiger partial charge in [0, 0.05) is 22.8 Å². The van der Waals surface area contributed by atoms with Gasteiger partial charge in [0.2, 0.25) is 0 Å². The van der Waals surface area contributed by atoms with Gasteiger partial charge in [0.15, 0.2) is 0 Å². The van der Waals surface area contributed by atoms with Crippen molar-refractivity contribution in [2.24, 2.45) is 5.73 Å². The molecular weight excluding hydrogens is 236 g/mol. The normalized spacial score (nSPS) is 10.5. The number of nitrogens with zero attached hydrogens (tertiary/aromatic N) is 1.